The van der Waals surface area contributed by atoms with E-state index in [2.05, 4.69) is 5.32 Å². The van der Waals surface area contributed by atoms with Gasteiger partial charge >= 0.3 is 6.03 Å². The summed E-state index contributed by atoms with van der Waals surface area (Å²) in [4.78, 5) is 36.6. The standard InChI is InChI=1S/C16H20N2O6S/c1-11(19)12-5-3-4-6-14(12)24-9-8-18-15(20)13(17-16(18)21)7-10-25(2,22)23/h3-6,13H,7-10H2,1-2H3,(H,17,21)/t13-/m1/s1. The number of amides is 3. The van der Waals surface area contributed by atoms with Gasteiger partial charge in [0.1, 0.15) is 28.2 Å². The quantitative estimate of drug-likeness (QED) is 0.532. The van der Waals surface area contributed by atoms with Gasteiger partial charge in [-0.2, -0.15) is 0 Å². The Balaban J connectivity index is 1.92. The lowest BCUT2D eigenvalue weighted by Gasteiger charge is -2.15. The van der Waals surface area contributed by atoms with Gasteiger partial charge in [-0.1, -0.05) is 12.1 Å². The van der Waals surface area contributed by atoms with Crippen molar-refractivity contribution in [2.75, 3.05) is 25.2 Å². The van der Waals surface area contributed by atoms with Gasteiger partial charge in [0, 0.05) is 6.26 Å². The van der Waals surface area contributed by atoms with Gasteiger partial charge in [0.2, 0.25) is 0 Å². The van der Waals surface area contributed by atoms with Gasteiger partial charge in [0.15, 0.2) is 5.78 Å². The van der Waals surface area contributed by atoms with Crippen molar-refractivity contribution in [1.82, 2.24) is 10.2 Å². The normalized spacial score (nSPS) is 17.5. The number of urea groups is 1. The van der Waals surface area contributed by atoms with E-state index in [-0.39, 0.29) is 31.1 Å². The Bertz CT molecular complexity index is 790. The summed E-state index contributed by atoms with van der Waals surface area (Å²) in [7, 11) is -3.21. The van der Waals surface area contributed by atoms with Crippen molar-refractivity contribution in [2.24, 2.45) is 0 Å². The monoisotopic (exact) mass is 368 g/mol. The summed E-state index contributed by atoms with van der Waals surface area (Å²) in [5.41, 5.74) is 0.422. The molecule has 0 spiro atoms. The fourth-order valence-corrected chi connectivity index (χ4v) is 3.11. The highest BCUT2D eigenvalue weighted by atomic mass is 32.2. The second-order valence-electron chi connectivity index (χ2n) is 5.81. The minimum Gasteiger partial charge on any atom is -0.491 e. The van der Waals surface area contributed by atoms with Gasteiger partial charge in [0.05, 0.1) is 17.9 Å². The first-order chi connectivity index (χ1) is 11.7. The van der Waals surface area contributed by atoms with Crippen LogP contribution in [0.4, 0.5) is 4.79 Å². The Morgan fingerprint density at radius 1 is 1.28 bits per heavy atom. The van der Waals surface area contributed by atoms with E-state index in [0.717, 1.165) is 11.2 Å². The average molecular weight is 368 g/mol. The lowest BCUT2D eigenvalue weighted by Crippen LogP contribution is -2.35. The number of benzene rings is 1. The van der Waals surface area contributed by atoms with E-state index in [1.165, 1.54) is 6.92 Å². The van der Waals surface area contributed by atoms with Crippen molar-refractivity contribution in [2.45, 2.75) is 19.4 Å². The Morgan fingerprint density at radius 2 is 1.96 bits per heavy atom. The third-order valence-electron chi connectivity index (χ3n) is 3.72. The van der Waals surface area contributed by atoms with Gasteiger partial charge in [-0.25, -0.2) is 13.2 Å². The molecule has 2 rings (SSSR count). The number of para-hydroxylation sites is 1. The molecule has 1 aliphatic heterocycles. The number of hydrogen-bond donors (Lipinski definition) is 1. The zero-order valence-corrected chi connectivity index (χ0v) is 14.8. The van der Waals surface area contributed by atoms with Crippen LogP contribution in [0.25, 0.3) is 0 Å². The molecule has 3 amide bonds. The number of ketones is 1. The number of nitrogens with zero attached hydrogens (tertiary/aromatic N) is 1. The van der Waals surface area contributed by atoms with Crippen LogP contribution in [0.5, 0.6) is 5.75 Å². The smallest absolute Gasteiger partial charge is 0.324 e. The predicted octanol–water partition coefficient (Wildman–Crippen LogP) is 0.623. The van der Waals surface area contributed by atoms with Crippen molar-refractivity contribution in [3.05, 3.63) is 29.8 Å². The average Bonchev–Trinajstić information content (AvgIpc) is 2.80. The zero-order chi connectivity index (χ0) is 18.6. The van der Waals surface area contributed by atoms with E-state index >= 15 is 0 Å². The third-order valence-corrected chi connectivity index (χ3v) is 4.70. The molecule has 136 valence electrons. The summed E-state index contributed by atoms with van der Waals surface area (Å²) in [6, 6.07) is 5.28. The number of nitrogens with one attached hydrogen (secondary N) is 1. The molecular formula is C16H20N2O6S. The van der Waals surface area contributed by atoms with Crippen LogP contribution in [0.15, 0.2) is 24.3 Å². The zero-order valence-electron chi connectivity index (χ0n) is 14.0. The van der Waals surface area contributed by atoms with Gasteiger partial charge in [-0.3, -0.25) is 14.5 Å². The van der Waals surface area contributed by atoms with E-state index in [4.69, 9.17) is 4.74 Å². The first kappa shape index (κ1) is 18.9. The molecule has 9 heteroatoms. The Labute approximate surface area is 146 Å². The fourth-order valence-electron chi connectivity index (χ4n) is 2.45. The van der Waals surface area contributed by atoms with E-state index in [1.54, 1.807) is 24.3 Å². The highest BCUT2D eigenvalue weighted by Crippen LogP contribution is 2.18. The van der Waals surface area contributed by atoms with Gasteiger partial charge in [-0.15, -0.1) is 0 Å². The largest absolute Gasteiger partial charge is 0.491 e. The fraction of sp³-hybridized carbons (Fsp3) is 0.438. The first-order valence-electron chi connectivity index (χ1n) is 7.71. The third kappa shape index (κ3) is 5.02. The molecule has 1 heterocycles. The number of sulfone groups is 1. The molecule has 0 bridgehead atoms. The number of carbonyl (C=O) groups excluding carboxylic acids is 3. The molecule has 1 saturated heterocycles. The van der Waals surface area contributed by atoms with E-state index in [1.807, 2.05) is 0 Å². The molecule has 1 N–H and O–H groups in total. The highest BCUT2D eigenvalue weighted by molar-refractivity contribution is 7.90. The molecule has 0 unspecified atom stereocenters. The van der Waals surface area contributed by atoms with Crippen LogP contribution in [0.1, 0.15) is 23.7 Å². The minimum absolute atomic E-state index is 0.00623. The second-order valence-corrected chi connectivity index (χ2v) is 8.07. The Kier molecular flexibility index (Phi) is 5.78. The van der Waals surface area contributed by atoms with Crippen LogP contribution >= 0.6 is 0 Å². The number of carbonyl (C=O) groups is 3. The Hall–Kier alpha value is -2.42. The molecule has 1 aliphatic rings. The summed E-state index contributed by atoms with van der Waals surface area (Å²) < 4.78 is 27.9. The van der Waals surface area contributed by atoms with Crippen molar-refractivity contribution < 1.29 is 27.5 Å². The molecule has 0 radical (unpaired) electrons. The van der Waals surface area contributed by atoms with Gasteiger partial charge < -0.3 is 10.1 Å². The van der Waals surface area contributed by atoms with Crippen molar-refractivity contribution in [1.29, 1.82) is 0 Å². The number of hydrogen-bond acceptors (Lipinski definition) is 6. The summed E-state index contributed by atoms with van der Waals surface area (Å²) in [5.74, 6) is -0.417. The second kappa shape index (κ2) is 7.64. The topological polar surface area (TPSA) is 110 Å². The maximum absolute atomic E-state index is 12.2. The van der Waals surface area contributed by atoms with Crippen LogP contribution in [0.3, 0.4) is 0 Å². The predicted molar refractivity (Wildman–Crippen MR) is 90.3 cm³/mol. The SMILES string of the molecule is CC(=O)c1ccccc1OCCN1C(=O)N[C@H](CCS(C)(=O)=O)C1=O. The van der Waals surface area contributed by atoms with E-state index in [0.29, 0.717) is 11.3 Å². The maximum atomic E-state index is 12.2. The van der Waals surface area contributed by atoms with E-state index < -0.39 is 27.8 Å². The summed E-state index contributed by atoms with van der Waals surface area (Å²) in [5, 5.41) is 2.47. The minimum atomic E-state index is -3.21. The van der Waals surface area contributed by atoms with Gasteiger partial charge in [0.25, 0.3) is 5.91 Å². The molecular weight excluding hydrogens is 348 g/mol. The summed E-state index contributed by atoms with van der Waals surface area (Å²) >= 11 is 0. The molecule has 1 fully saturated rings. The molecule has 0 aliphatic carbocycles. The lowest BCUT2D eigenvalue weighted by atomic mass is 10.1. The molecule has 0 aromatic heterocycles. The lowest BCUT2D eigenvalue weighted by molar-refractivity contribution is -0.127. The van der Waals surface area contributed by atoms with Crippen LogP contribution < -0.4 is 10.1 Å². The number of ether oxygens (including phenoxy) is 1. The first-order valence-corrected chi connectivity index (χ1v) is 9.77. The summed E-state index contributed by atoms with van der Waals surface area (Å²) in [6.07, 6.45) is 1.11. The molecule has 1 aromatic carbocycles. The molecule has 0 saturated carbocycles. The highest BCUT2D eigenvalue weighted by Gasteiger charge is 2.37. The Morgan fingerprint density at radius 3 is 2.60 bits per heavy atom. The number of Topliss-reactive ketones (excluding diaryl/α,β-unsaturated/α-hetero) is 1. The molecule has 8 nitrogen and oxygen atoms in total. The molecule has 1 atom stereocenters. The van der Waals surface area contributed by atoms with Crippen molar-refractivity contribution >= 4 is 27.6 Å². The maximum Gasteiger partial charge on any atom is 0.324 e. The van der Waals surface area contributed by atoms with Crippen LogP contribution in [0, 0.1) is 0 Å². The molecule has 25 heavy (non-hydrogen) atoms. The summed E-state index contributed by atoms with van der Waals surface area (Å²) in [6.45, 7) is 1.46. The number of rotatable bonds is 8. The number of imide groups is 1. The van der Waals surface area contributed by atoms with E-state index in [9.17, 15) is 22.8 Å². The van der Waals surface area contributed by atoms with Crippen LogP contribution in [-0.2, 0) is 14.6 Å². The van der Waals surface area contributed by atoms with Gasteiger partial charge in [-0.05, 0) is 25.5 Å². The van der Waals surface area contributed by atoms with Crippen LogP contribution in [-0.4, -0.2) is 62.2 Å². The molecule has 1 aromatic rings. The van der Waals surface area contributed by atoms with Crippen LogP contribution in [0.2, 0.25) is 0 Å². The van der Waals surface area contributed by atoms with Crippen molar-refractivity contribution in [3.8, 4) is 5.75 Å². The van der Waals surface area contributed by atoms with Crippen molar-refractivity contribution in [3.63, 3.8) is 0 Å².